The zero-order chi connectivity index (χ0) is 24.1. The van der Waals surface area contributed by atoms with Crippen molar-refractivity contribution in [2.45, 2.75) is 23.8 Å². The average molecular weight is 486 g/mol. The lowest BCUT2D eigenvalue weighted by molar-refractivity contribution is -0.122. The summed E-state index contributed by atoms with van der Waals surface area (Å²) < 4.78 is 34.1. The maximum atomic E-state index is 13.7. The number of nitrogens with one attached hydrogen (secondary N) is 1. The highest BCUT2D eigenvalue weighted by atomic mass is 32.2. The minimum Gasteiger partial charge on any atom is -0.483 e. The summed E-state index contributed by atoms with van der Waals surface area (Å²) in [4.78, 5) is 19.4. The Balaban J connectivity index is 0.000000868. The Morgan fingerprint density at radius 3 is 2.85 bits per heavy atom. The van der Waals surface area contributed by atoms with Crippen LogP contribution in [0.15, 0.2) is 54.0 Å². The van der Waals surface area contributed by atoms with Gasteiger partial charge in [0.15, 0.2) is 0 Å². The summed E-state index contributed by atoms with van der Waals surface area (Å²) in [6.07, 6.45) is 10.5. The zero-order valence-corrected chi connectivity index (χ0v) is 19.6. The molecule has 0 saturated carbocycles. The molecular formula is C23H27N5O5S. The van der Waals surface area contributed by atoms with Crippen molar-refractivity contribution in [3.05, 3.63) is 54.6 Å². The number of carbonyl (C=O) groups is 1. The van der Waals surface area contributed by atoms with Crippen LogP contribution in [0.5, 0.6) is 0 Å². The molecule has 1 saturated heterocycles. The number of pyridine rings is 2. The van der Waals surface area contributed by atoms with Gasteiger partial charge in [-0.15, -0.1) is 0 Å². The molecule has 1 unspecified atom stereocenters. The Hall–Kier alpha value is -3.28. The fourth-order valence-corrected chi connectivity index (χ4v) is 5.66. The van der Waals surface area contributed by atoms with Crippen LogP contribution in [-0.2, 0) is 19.6 Å². The summed E-state index contributed by atoms with van der Waals surface area (Å²) in [6, 6.07) is 5.26. The fraction of sp³-hybridized carbons (Fsp3) is 0.348. The summed E-state index contributed by atoms with van der Waals surface area (Å²) in [5.74, 6) is 0. The van der Waals surface area contributed by atoms with Crippen LogP contribution in [-0.4, -0.2) is 73.3 Å². The summed E-state index contributed by atoms with van der Waals surface area (Å²) in [5, 5.41) is 10.2. The molecule has 0 amide bonds. The van der Waals surface area contributed by atoms with Crippen molar-refractivity contribution < 1.29 is 23.1 Å². The van der Waals surface area contributed by atoms with Crippen LogP contribution in [0, 0.1) is 0 Å². The maximum Gasteiger partial charge on any atom is 0.290 e. The highest BCUT2D eigenvalue weighted by Crippen LogP contribution is 2.32. The Bertz CT molecular complexity index is 1300. The molecule has 3 aromatic rings. The molecule has 0 radical (unpaired) electrons. The fourth-order valence-electron chi connectivity index (χ4n) is 4.32. The van der Waals surface area contributed by atoms with Crippen LogP contribution in [0.1, 0.15) is 18.4 Å². The number of rotatable bonds is 5. The molecule has 2 aliphatic heterocycles. The predicted molar refractivity (Wildman–Crippen MR) is 128 cm³/mol. The van der Waals surface area contributed by atoms with Gasteiger partial charge in [-0.2, -0.15) is 0 Å². The number of hydrogen-bond acceptors (Lipinski definition) is 8. The van der Waals surface area contributed by atoms with E-state index in [0.717, 1.165) is 55.8 Å². The quantitative estimate of drug-likeness (QED) is 0.522. The van der Waals surface area contributed by atoms with Crippen molar-refractivity contribution in [1.82, 2.24) is 19.3 Å². The van der Waals surface area contributed by atoms with E-state index < -0.39 is 10.0 Å². The number of anilines is 1. The largest absolute Gasteiger partial charge is 0.483 e. The van der Waals surface area contributed by atoms with Crippen molar-refractivity contribution in [1.29, 1.82) is 0 Å². The molecule has 10 nitrogen and oxygen atoms in total. The Morgan fingerprint density at radius 1 is 1.32 bits per heavy atom. The van der Waals surface area contributed by atoms with Gasteiger partial charge in [0.1, 0.15) is 4.90 Å². The van der Waals surface area contributed by atoms with E-state index in [4.69, 9.17) is 14.6 Å². The highest BCUT2D eigenvalue weighted by Gasteiger charge is 2.27. The van der Waals surface area contributed by atoms with Gasteiger partial charge in [-0.1, -0.05) is 6.08 Å². The lowest BCUT2D eigenvalue weighted by Crippen LogP contribution is -2.23. The molecule has 5 heterocycles. The van der Waals surface area contributed by atoms with Crippen LogP contribution in [0.3, 0.4) is 0 Å². The smallest absolute Gasteiger partial charge is 0.290 e. The molecule has 1 atom stereocenters. The van der Waals surface area contributed by atoms with Gasteiger partial charge in [0.25, 0.3) is 16.5 Å². The van der Waals surface area contributed by atoms with Crippen molar-refractivity contribution in [2.75, 3.05) is 38.2 Å². The maximum absolute atomic E-state index is 13.7. The number of nitrogens with zero attached hydrogens (tertiary/aromatic N) is 4. The van der Waals surface area contributed by atoms with Crippen molar-refractivity contribution in [3.63, 3.8) is 0 Å². The van der Waals surface area contributed by atoms with Gasteiger partial charge in [0, 0.05) is 50.9 Å². The SMILES string of the molecule is COC1CCN(c2cncc(S(=O)(=O)n3cc(C4=CCNCC4)c4ncccc43)c2)C1.O=CO. The minimum atomic E-state index is -3.84. The van der Waals surface area contributed by atoms with E-state index in [2.05, 4.69) is 26.3 Å². The monoisotopic (exact) mass is 485 g/mol. The van der Waals surface area contributed by atoms with Gasteiger partial charge in [-0.05, 0) is 43.2 Å². The van der Waals surface area contributed by atoms with Gasteiger partial charge in [0.2, 0.25) is 0 Å². The van der Waals surface area contributed by atoms with Gasteiger partial charge in [-0.25, -0.2) is 12.4 Å². The Morgan fingerprint density at radius 2 is 2.15 bits per heavy atom. The summed E-state index contributed by atoms with van der Waals surface area (Å²) in [7, 11) is -2.14. The third-order valence-corrected chi connectivity index (χ3v) is 7.67. The average Bonchev–Trinajstić information content (AvgIpc) is 3.51. The van der Waals surface area contributed by atoms with E-state index in [1.165, 1.54) is 10.2 Å². The van der Waals surface area contributed by atoms with E-state index in [1.807, 2.05) is 0 Å². The minimum absolute atomic E-state index is 0.153. The lowest BCUT2D eigenvalue weighted by Gasteiger charge is -2.18. The molecule has 34 heavy (non-hydrogen) atoms. The number of hydrogen-bond donors (Lipinski definition) is 2. The van der Waals surface area contributed by atoms with Gasteiger partial charge >= 0.3 is 0 Å². The van der Waals surface area contributed by atoms with Gasteiger partial charge in [0.05, 0.1) is 29.0 Å². The van der Waals surface area contributed by atoms with Gasteiger partial charge < -0.3 is 20.1 Å². The predicted octanol–water partition coefficient (Wildman–Crippen LogP) is 1.97. The molecule has 0 spiro atoms. The van der Waals surface area contributed by atoms with Crippen LogP contribution >= 0.6 is 0 Å². The third kappa shape index (κ3) is 4.67. The number of ether oxygens (including phenoxy) is 1. The first-order chi connectivity index (χ1) is 16.5. The molecule has 0 bridgehead atoms. The van der Waals surface area contributed by atoms with Gasteiger partial charge in [-0.3, -0.25) is 14.8 Å². The van der Waals surface area contributed by atoms with E-state index in [0.29, 0.717) is 11.0 Å². The van der Waals surface area contributed by atoms with Crippen LogP contribution in [0.2, 0.25) is 0 Å². The molecule has 11 heteroatoms. The molecular weight excluding hydrogens is 458 g/mol. The third-order valence-electron chi connectivity index (χ3n) is 6.03. The molecule has 180 valence electrons. The summed E-state index contributed by atoms with van der Waals surface area (Å²) in [6.45, 7) is 2.92. The van der Waals surface area contributed by atoms with Crippen LogP contribution in [0.4, 0.5) is 5.69 Å². The first-order valence-electron chi connectivity index (χ1n) is 10.9. The molecule has 2 N–H and O–H groups in total. The van der Waals surface area contributed by atoms with Crippen molar-refractivity contribution in [3.8, 4) is 0 Å². The molecule has 0 aliphatic carbocycles. The lowest BCUT2D eigenvalue weighted by atomic mass is 10.0. The zero-order valence-electron chi connectivity index (χ0n) is 18.8. The van der Waals surface area contributed by atoms with E-state index in [-0.39, 0.29) is 17.5 Å². The molecule has 2 aliphatic rings. The first kappa shape index (κ1) is 23.9. The van der Waals surface area contributed by atoms with Crippen LogP contribution in [0.25, 0.3) is 16.6 Å². The Labute approximate surface area is 197 Å². The number of aromatic nitrogens is 3. The normalized spacial score (nSPS) is 18.3. The molecule has 0 aromatic carbocycles. The highest BCUT2D eigenvalue weighted by molar-refractivity contribution is 7.90. The van der Waals surface area contributed by atoms with E-state index in [1.54, 1.807) is 43.9 Å². The standard InChI is InChI=1S/C22H25N5O3S.CH2O2/c1-30-18-6-10-26(14-18)17-11-19(13-24-12-17)31(28,29)27-15-20(16-4-8-23-9-5-16)22-21(27)3-2-7-25-22;2-1-3/h2-4,7,11-13,15,18,23H,5-6,8-10,14H2,1H3;1H,(H,2,3). The van der Waals surface area contributed by atoms with Crippen molar-refractivity contribution >= 4 is 38.8 Å². The van der Waals surface area contributed by atoms with E-state index in [9.17, 15) is 8.42 Å². The Kier molecular flexibility index (Phi) is 7.25. The second-order valence-electron chi connectivity index (χ2n) is 7.97. The summed E-state index contributed by atoms with van der Waals surface area (Å²) >= 11 is 0. The second-order valence-corrected chi connectivity index (χ2v) is 9.79. The van der Waals surface area contributed by atoms with E-state index >= 15 is 0 Å². The first-order valence-corrected chi connectivity index (χ1v) is 12.4. The topological polar surface area (TPSA) is 127 Å². The van der Waals surface area contributed by atoms with Crippen molar-refractivity contribution in [2.24, 2.45) is 0 Å². The number of methoxy groups -OCH3 is 1. The number of carboxylic acid groups (broad SMARTS) is 1. The van der Waals surface area contributed by atoms with Crippen LogP contribution < -0.4 is 10.2 Å². The summed E-state index contributed by atoms with van der Waals surface area (Å²) in [5.41, 5.74) is 4.04. The number of fused-ring (bicyclic) bond motifs is 1. The molecule has 3 aromatic heterocycles. The molecule has 1 fully saturated rings. The molecule has 5 rings (SSSR count). The second kappa shape index (κ2) is 10.3.